The lowest BCUT2D eigenvalue weighted by Crippen LogP contribution is -2.23. The second-order valence-electron chi connectivity index (χ2n) is 4.41. The Morgan fingerprint density at radius 2 is 1.90 bits per heavy atom. The van der Waals surface area contributed by atoms with Gasteiger partial charge >= 0.3 is 0 Å². The molecule has 0 aliphatic rings. The van der Waals surface area contributed by atoms with E-state index in [1.807, 2.05) is 29.6 Å². The average molecular weight is 295 g/mol. The summed E-state index contributed by atoms with van der Waals surface area (Å²) in [6.07, 6.45) is 5.00. The number of carbonyl (C=O) groups is 1. The number of carbonyl (C=O) groups excluding carboxylic acids is 1. The molecular formula is C16H13N3OS. The molecule has 3 aromatic rings. The molecule has 0 spiro atoms. The summed E-state index contributed by atoms with van der Waals surface area (Å²) in [7, 11) is 0. The zero-order valence-corrected chi connectivity index (χ0v) is 12.0. The van der Waals surface area contributed by atoms with Gasteiger partial charge in [0.05, 0.1) is 0 Å². The topological polar surface area (TPSA) is 54.9 Å². The number of pyridine rings is 1. The Morgan fingerprint density at radius 1 is 1.10 bits per heavy atom. The summed E-state index contributed by atoms with van der Waals surface area (Å²) in [5.41, 5.74) is 2.72. The van der Waals surface area contributed by atoms with Crippen LogP contribution >= 0.6 is 11.3 Å². The molecule has 21 heavy (non-hydrogen) atoms. The minimum atomic E-state index is -0.105. The molecule has 4 nitrogen and oxygen atoms in total. The molecule has 0 saturated carbocycles. The second kappa shape index (κ2) is 6.28. The number of nitrogens with zero attached hydrogens (tertiary/aromatic N) is 2. The van der Waals surface area contributed by atoms with Crippen molar-refractivity contribution in [2.75, 3.05) is 0 Å². The van der Waals surface area contributed by atoms with Crippen molar-refractivity contribution < 1.29 is 4.79 Å². The van der Waals surface area contributed by atoms with Crippen LogP contribution in [0.25, 0.3) is 10.6 Å². The summed E-state index contributed by atoms with van der Waals surface area (Å²) in [5.74, 6) is -0.105. The Balaban J connectivity index is 1.76. The molecule has 2 heterocycles. The molecule has 0 unspecified atom stereocenters. The van der Waals surface area contributed by atoms with Crippen molar-refractivity contribution in [3.63, 3.8) is 0 Å². The van der Waals surface area contributed by atoms with Crippen molar-refractivity contribution in [1.29, 1.82) is 0 Å². The summed E-state index contributed by atoms with van der Waals surface area (Å²) in [6, 6.07) is 11.4. The normalized spacial score (nSPS) is 10.3. The van der Waals surface area contributed by atoms with E-state index >= 15 is 0 Å². The molecule has 1 N–H and O–H groups in total. The molecule has 0 atom stereocenters. The fourth-order valence-electron chi connectivity index (χ4n) is 2.02. The zero-order chi connectivity index (χ0) is 14.5. The molecule has 0 aliphatic heterocycles. The highest BCUT2D eigenvalue weighted by Gasteiger charge is 2.09. The van der Waals surface area contributed by atoms with E-state index in [0.717, 1.165) is 16.1 Å². The van der Waals surface area contributed by atoms with Crippen LogP contribution in [0.15, 0.2) is 60.4 Å². The number of rotatable bonds is 4. The summed E-state index contributed by atoms with van der Waals surface area (Å²) in [5, 5.41) is 5.84. The molecule has 0 radical (unpaired) electrons. The van der Waals surface area contributed by atoms with Gasteiger partial charge in [0.25, 0.3) is 5.91 Å². The fourth-order valence-corrected chi connectivity index (χ4v) is 2.72. The maximum Gasteiger partial charge on any atom is 0.251 e. The third-order valence-electron chi connectivity index (χ3n) is 3.06. The van der Waals surface area contributed by atoms with Crippen LogP contribution in [0.1, 0.15) is 15.9 Å². The number of hydrogen-bond donors (Lipinski definition) is 1. The van der Waals surface area contributed by atoms with Gasteiger partial charge in [-0.25, -0.2) is 4.98 Å². The van der Waals surface area contributed by atoms with E-state index in [-0.39, 0.29) is 5.91 Å². The molecule has 2 aromatic heterocycles. The average Bonchev–Trinajstić information content (AvgIpc) is 3.08. The van der Waals surface area contributed by atoms with Gasteiger partial charge in [0, 0.05) is 41.6 Å². The largest absolute Gasteiger partial charge is 0.348 e. The van der Waals surface area contributed by atoms with Gasteiger partial charge in [-0.2, -0.15) is 0 Å². The maximum absolute atomic E-state index is 12.1. The van der Waals surface area contributed by atoms with Gasteiger partial charge in [0.1, 0.15) is 5.01 Å². The second-order valence-corrected chi connectivity index (χ2v) is 5.31. The predicted octanol–water partition coefficient (Wildman–Crippen LogP) is 3.14. The summed E-state index contributed by atoms with van der Waals surface area (Å²) < 4.78 is 0. The molecule has 0 saturated heterocycles. The summed E-state index contributed by atoms with van der Waals surface area (Å²) >= 11 is 1.59. The van der Waals surface area contributed by atoms with Crippen LogP contribution in [-0.4, -0.2) is 15.9 Å². The van der Waals surface area contributed by atoms with Crippen LogP contribution in [0.4, 0.5) is 0 Å². The van der Waals surface area contributed by atoms with Gasteiger partial charge in [-0.1, -0.05) is 24.3 Å². The number of hydrogen-bond acceptors (Lipinski definition) is 4. The standard InChI is InChI=1S/C16H13N3OS/c20-15(12-5-7-17-8-6-12)19-11-13-3-1-2-4-14(13)16-18-9-10-21-16/h1-10H,11H2,(H,19,20). The number of amides is 1. The van der Waals surface area contributed by atoms with Gasteiger partial charge < -0.3 is 5.32 Å². The number of thiazole rings is 1. The molecule has 104 valence electrons. The number of aromatic nitrogens is 2. The van der Waals surface area contributed by atoms with E-state index in [2.05, 4.69) is 15.3 Å². The minimum Gasteiger partial charge on any atom is -0.348 e. The smallest absolute Gasteiger partial charge is 0.251 e. The van der Waals surface area contributed by atoms with Crippen LogP contribution < -0.4 is 5.32 Å². The molecule has 0 fully saturated rings. The van der Waals surface area contributed by atoms with Gasteiger partial charge in [0.15, 0.2) is 0 Å². The van der Waals surface area contributed by atoms with Crippen molar-refractivity contribution >= 4 is 17.2 Å². The Hall–Kier alpha value is -2.53. The van der Waals surface area contributed by atoms with E-state index in [1.54, 1.807) is 42.1 Å². The lowest BCUT2D eigenvalue weighted by Gasteiger charge is -2.09. The van der Waals surface area contributed by atoms with Crippen LogP contribution in [0, 0.1) is 0 Å². The molecule has 1 aromatic carbocycles. The number of nitrogens with one attached hydrogen (secondary N) is 1. The Morgan fingerprint density at radius 3 is 2.67 bits per heavy atom. The molecule has 0 bridgehead atoms. The zero-order valence-electron chi connectivity index (χ0n) is 11.2. The third-order valence-corrected chi connectivity index (χ3v) is 3.87. The molecule has 0 aliphatic carbocycles. The summed E-state index contributed by atoms with van der Waals surface area (Å²) in [4.78, 5) is 20.3. The fraction of sp³-hybridized carbons (Fsp3) is 0.0625. The molecule has 3 rings (SSSR count). The molecular weight excluding hydrogens is 282 g/mol. The van der Waals surface area contributed by atoms with Crippen molar-refractivity contribution in [2.45, 2.75) is 6.54 Å². The van der Waals surface area contributed by atoms with Crippen LogP contribution in [0.3, 0.4) is 0 Å². The minimum absolute atomic E-state index is 0.105. The van der Waals surface area contributed by atoms with Gasteiger partial charge in [-0.3, -0.25) is 9.78 Å². The van der Waals surface area contributed by atoms with E-state index in [1.165, 1.54) is 0 Å². The first-order valence-electron chi connectivity index (χ1n) is 6.50. The van der Waals surface area contributed by atoms with Gasteiger partial charge in [0.2, 0.25) is 0 Å². The highest BCUT2D eigenvalue weighted by atomic mass is 32.1. The van der Waals surface area contributed by atoms with E-state index < -0.39 is 0 Å². The van der Waals surface area contributed by atoms with Crippen LogP contribution in [0.2, 0.25) is 0 Å². The van der Waals surface area contributed by atoms with Crippen molar-refractivity contribution in [3.05, 3.63) is 71.5 Å². The third kappa shape index (κ3) is 3.14. The van der Waals surface area contributed by atoms with Gasteiger partial charge in [-0.05, 0) is 17.7 Å². The van der Waals surface area contributed by atoms with Gasteiger partial charge in [-0.15, -0.1) is 11.3 Å². The number of benzene rings is 1. The Bertz CT molecular complexity index is 726. The van der Waals surface area contributed by atoms with E-state index in [4.69, 9.17) is 0 Å². The first-order valence-corrected chi connectivity index (χ1v) is 7.38. The van der Waals surface area contributed by atoms with Crippen molar-refractivity contribution in [1.82, 2.24) is 15.3 Å². The Labute approximate surface area is 126 Å². The van der Waals surface area contributed by atoms with Crippen molar-refractivity contribution in [3.8, 4) is 10.6 Å². The first kappa shape index (κ1) is 13.5. The molecule has 1 amide bonds. The van der Waals surface area contributed by atoms with Crippen molar-refractivity contribution in [2.24, 2.45) is 0 Å². The Kier molecular flexibility index (Phi) is 4.02. The summed E-state index contributed by atoms with van der Waals surface area (Å²) in [6.45, 7) is 0.469. The quantitative estimate of drug-likeness (QED) is 0.804. The van der Waals surface area contributed by atoms with E-state index in [9.17, 15) is 4.79 Å². The first-order chi connectivity index (χ1) is 10.3. The molecule has 5 heteroatoms. The van der Waals surface area contributed by atoms with E-state index in [0.29, 0.717) is 12.1 Å². The predicted molar refractivity (Wildman–Crippen MR) is 83.0 cm³/mol. The maximum atomic E-state index is 12.1. The lowest BCUT2D eigenvalue weighted by molar-refractivity contribution is 0.0951. The van der Waals surface area contributed by atoms with Crippen LogP contribution in [-0.2, 0) is 6.54 Å². The SMILES string of the molecule is O=C(NCc1ccccc1-c1nccs1)c1ccncc1. The lowest BCUT2D eigenvalue weighted by atomic mass is 10.1. The highest BCUT2D eigenvalue weighted by molar-refractivity contribution is 7.13. The highest BCUT2D eigenvalue weighted by Crippen LogP contribution is 2.25. The van der Waals surface area contributed by atoms with Crippen LogP contribution in [0.5, 0.6) is 0 Å². The monoisotopic (exact) mass is 295 g/mol.